The molecule has 0 saturated carbocycles. The Kier molecular flexibility index (Phi) is 5.23. The molecule has 2 nitrogen and oxygen atoms in total. The van der Waals surface area contributed by atoms with Gasteiger partial charge in [0.1, 0.15) is 0 Å². The van der Waals surface area contributed by atoms with Crippen LogP contribution in [0.1, 0.15) is 23.5 Å². The lowest BCUT2D eigenvalue weighted by atomic mass is 10.1. The van der Waals surface area contributed by atoms with Crippen LogP contribution in [-0.2, 0) is 6.42 Å². The van der Waals surface area contributed by atoms with Crippen LogP contribution in [0.2, 0.25) is 0 Å². The topological polar surface area (TPSA) is 24.9 Å². The van der Waals surface area contributed by atoms with E-state index in [1.54, 1.807) is 23.1 Å². The fourth-order valence-electron chi connectivity index (χ4n) is 1.78. The molecule has 1 atom stereocenters. The molecule has 0 amide bonds. The fraction of sp³-hybridized carbons (Fsp3) is 0.357. The molecule has 0 saturated heterocycles. The maximum Gasteiger partial charge on any atom is 0.0937 e. The predicted molar refractivity (Wildman–Crippen MR) is 80.5 cm³/mol. The molecule has 4 heteroatoms. The number of benzene rings is 1. The first-order valence-electron chi connectivity index (χ1n) is 6.05. The van der Waals surface area contributed by atoms with Gasteiger partial charge in [-0.15, -0.1) is 23.1 Å². The number of thioether (sulfide) groups is 1. The summed E-state index contributed by atoms with van der Waals surface area (Å²) in [6, 6.07) is 9.15. The van der Waals surface area contributed by atoms with Crippen molar-refractivity contribution in [2.24, 2.45) is 0 Å². The van der Waals surface area contributed by atoms with Gasteiger partial charge in [-0.3, -0.25) is 0 Å². The van der Waals surface area contributed by atoms with Gasteiger partial charge in [0.2, 0.25) is 0 Å². The van der Waals surface area contributed by atoms with Crippen LogP contribution in [0, 0.1) is 0 Å². The van der Waals surface area contributed by atoms with Crippen molar-refractivity contribution in [2.45, 2.75) is 24.3 Å². The van der Waals surface area contributed by atoms with E-state index >= 15 is 0 Å². The number of hydrogen-bond acceptors (Lipinski definition) is 4. The molecule has 0 aliphatic rings. The summed E-state index contributed by atoms with van der Waals surface area (Å²) in [6.07, 6.45) is 4.97. The van der Waals surface area contributed by atoms with Crippen LogP contribution in [0.25, 0.3) is 0 Å². The number of nitrogens with one attached hydrogen (secondary N) is 1. The fourth-order valence-corrected chi connectivity index (χ4v) is 2.81. The zero-order valence-corrected chi connectivity index (χ0v) is 12.4. The molecule has 96 valence electrons. The molecule has 18 heavy (non-hydrogen) atoms. The Morgan fingerprint density at radius 2 is 2.11 bits per heavy atom. The van der Waals surface area contributed by atoms with Gasteiger partial charge >= 0.3 is 0 Å². The third-order valence-corrected chi connectivity index (χ3v) is 4.47. The average molecular weight is 278 g/mol. The predicted octanol–water partition coefficient (Wildman–Crippen LogP) is 3.76. The normalized spacial score (nSPS) is 12.6. The Hall–Kier alpha value is -0.840. The Labute approximate surface area is 117 Å². The Balaban J connectivity index is 1.81. The molecule has 0 aliphatic heterocycles. The minimum Gasteiger partial charge on any atom is -0.310 e. The van der Waals surface area contributed by atoms with Gasteiger partial charge < -0.3 is 5.32 Å². The van der Waals surface area contributed by atoms with Crippen molar-refractivity contribution in [3.8, 4) is 0 Å². The molecular formula is C14H18N2S2. The SMILES string of the molecule is CSc1ccc(C(C)NCCc2nccs2)cc1. The van der Waals surface area contributed by atoms with E-state index in [2.05, 4.69) is 47.7 Å². The number of hydrogen-bond donors (Lipinski definition) is 1. The molecule has 1 unspecified atom stereocenters. The highest BCUT2D eigenvalue weighted by Crippen LogP contribution is 2.18. The summed E-state index contributed by atoms with van der Waals surface area (Å²) in [5.41, 5.74) is 1.34. The summed E-state index contributed by atoms with van der Waals surface area (Å²) < 4.78 is 0. The van der Waals surface area contributed by atoms with Crippen LogP contribution in [0.5, 0.6) is 0 Å². The first-order valence-corrected chi connectivity index (χ1v) is 8.15. The van der Waals surface area contributed by atoms with E-state index in [4.69, 9.17) is 0 Å². The van der Waals surface area contributed by atoms with E-state index in [1.165, 1.54) is 15.5 Å². The molecular weight excluding hydrogens is 260 g/mol. The molecule has 1 aromatic heterocycles. The summed E-state index contributed by atoms with van der Waals surface area (Å²) in [5, 5.41) is 6.76. The summed E-state index contributed by atoms with van der Waals surface area (Å²) in [6.45, 7) is 3.18. The smallest absolute Gasteiger partial charge is 0.0937 e. The largest absolute Gasteiger partial charge is 0.310 e. The van der Waals surface area contributed by atoms with E-state index in [-0.39, 0.29) is 0 Å². The Bertz CT molecular complexity index is 451. The summed E-state index contributed by atoms with van der Waals surface area (Å²) in [4.78, 5) is 5.60. The van der Waals surface area contributed by atoms with E-state index in [9.17, 15) is 0 Å². The molecule has 1 N–H and O–H groups in total. The van der Waals surface area contributed by atoms with Gasteiger partial charge in [0, 0.05) is 35.5 Å². The zero-order chi connectivity index (χ0) is 12.8. The third-order valence-electron chi connectivity index (χ3n) is 2.89. The minimum absolute atomic E-state index is 0.390. The van der Waals surface area contributed by atoms with E-state index in [1.807, 2.05) is 11.6 Å². The second-order valence-corrected chi connectivity index (χ2v) is 5.98. The van der Waals surface area contributed by atoms with Gasteiger partial charge in [-0.2, -0.15) is 0 Å². The van der Waals surface area contributed by atoms with Crippen molar-refractivity contribution >= 4 is 23.1 Å². The van der Waals surface area contributed by atoms with Gasteiger partial charge in [-0.1, -0.05) is 12.1 Å². The minimum atomic E-state index is 0.390. The van der Waals surface area contributed by atoms with Crippen molar-refractivity contribution in [3.63, 3.8) is 0 Å². The van der Waals surface area contributed by atoms with Crippen LogP contribution >= 0.6 is 23.1 Å². The van der Waals surface area contributed by atoms with Crippen molar-refractivity contribution in [1.82, 2.24) is 10.3 Å². The van der Waals surface area contributed by atoms with E-state index in [0.717, 1.165) is 13.0 Å². The maximum atomic E-state index is 4.28. The zero-order valence-electron chi connectivity index (χ0n) is 10.7. The summed E-state index contributed by atoms with van der Waals surface area (Å²) in [5.74, 6) is 0. The molecule has 0 radical (unpaired) electrons. The van der Waals surface area contributed by atoms with E-state index < -0.39 is 0 Å². The average Bonchev–Trinajstić information content (AvgIpc) is 2.92. The standard InChI is InChI=1S/C14H18N2S2/c1-11(12-3-5-13(17-2)6-4-12)15-8-7-14-16-9-10-18-14/h3-6,9-11,15H,7-8H2,1-2H3. The molecule has 2 rings (SSSR count). The van der Waals surface area contributed by atoms with Crippen molar-refractivity contribution in [3.05, 3.63) is 46.4 Å². The van der Waals surface area contributed by atoms with Crippen LogP contribution in [0.4, 0.5) is 0 Å². The number of aromatic nitrogens is 1. The van der Waals surface area contributed by atoms with E-state index in [0.29, 0.717) is 6.04 Å². The van der Waals surface area contributed by atoms with Crippen LogP contribution in [-0.4, -0.2) is 17.8 Å². The number of thiazole rings is 1. The van der Waals surface area contributed by atoms with Crippen LogP contribution in [0.3, 0.4) is 0 Å². The Morgan fingerprint density at radius 1 is 1.33 bits per heavy atom. The molecule has 2 aromatic rings. The first-order chi connectivity index (χ1) is 8.79. The molecule has 1 heterocycles. The van der Waals surface area contributed by atoms with Gasteiger partial charge in [-0.05, 0) is 30.9 Å². The quantitative estimate of drug-likeness (QED) is 0.814. The lowest BCUT2D eigenvalue weighted by Crippen LogP contribution is -2.21. The second-order valence-electron chi connectivity index (χ2n) is 4.12. The van der Waals surface area contributed by atoms with Crippen molar-refractivity contribution in [1.29, 1.82) is 0 Å². The second kappa shape index (κ2) is 6.92. The Morgan fingerprint density at radius 3 is 2.72 bits per heavy atom. The molecule has 1 aromatic carbocycles. The number of nitrogens with zero attached hydrogens (tertiary/aromatic N) is 1. The summed E-state index contributed by atoms with van der Waals surface area (Å²) in [7, 11) is 0. The van der Waals surface area contributed by atoms with Gasteiger partial charge in [0.15, 0.2) is 0 Å². The molecule has 0 spiro atoms. The molecule has 0 aliphatic carbocycles. The van der Waals surface area contributed by atoms with Crippen LogP contribution < -0.4 is 5.32 Å². The molecule has 0 fully saturated rings. The van der Waals surface area contributed by atoms with Gasteiger partial charge in [-0.25, -0.2) is 4.98 Å². The first kappa shape index (κ1) is 13.6. The highest BCUT2D eigenvalue weighted by atomic mass is 32.2. The summed E-state index contributed by atoms with van der Waals surface area (Å²) >= 11 is 3.50. The third kappa shape index (κ3) is 3.83. The van der Waals surface area contributed by atoms with Gasteiger partial charge in [0.05, 0.1) is 5.01 Å². The highest BCUT2D eigenvalue weighted by molar-refractivity contribution is 7.98. The lowest BCUT2D eigenvalue weighted by Gasteiger charge is -2.14. The molecule has 0 bridgehead atoms. The van der Waals surface area contributed by atoms with Crippen molar-refractivity contribution in [2.75, 3.05) is 12.8 Å². The highest BCUT2D eigenvalue weighted by Gasteiger charge is 2.04. The maximum absolute atomic E-state index is 4.28. The number of rotatable bonds is 6. The van der Waals surface area contributed by atoms with Gasteiger partial charge in [0.25, 0.3) is 0 Å². The monoisotopic (exact) mass is 278 g/mol. The lowest BCUT2D eigenvalue weighted by molar-refractivity contribution is 0.576. The van der Waals surface area contributed by atoms with Crippen LogP contribution in [0.15, 0.2) is 40.7 Å². The van der Waals surface area contributed by atoms with Crippen molar-refractivity contribution < 1.29 is 0 Å².